The van der Waals surface area contributed by atoms with E-state index in [0.717, 1.165) is 5.56 Å². The fraction of sp³-hybridized carbons (Fsp3) is 0.250. The van der Waals surface area contributed by atoms with E-state index in [2.05, 4.69) is 0 Å². The number of aliphatic hydroxyl groups is 3. The standard InChI is InChI=1S/C20H20O9/c21-12-7-11(8-13(22)9-12)2-1-10-3-5-14(6-4-10)28-20-17(25)15(23)16(24)18(29-20)19(26)27/h1-9,15-18,20-25H,(H,26,27)/b2-1+/t15-,16-,17-,18-,20+/m1/s1. The lowest BCUT2D eigenvalue weighted by Gasteiger charge is -2.38. The molecule has 9 nitrogen and oxygen atoms in total. The zero-order valence-corrected chi connectivity index (χ0v) is 15.0. The maximum atomic E-state index is 11.1. The number of rotatable bonds is 5. The summed E-state index contributed by atoms with van der Waals surface area (Å²) in [6, 6.07) is 10.6. The van der Waals surface area contributed by atoms with Crippen molar-refractivity contribution < 1.29 is 44.9 Å². The van der Waals surface area contributed by atoms with Crippen LogP contribution in [0.25, 0.3) is 12.2 Å². The van der Waals surface area contributed by atoms with Gasteiger partial charge in [0.1, 0.15) is 35.6 Å². The molecule has 1 saturated heterocycles. The normalized spacial score (nSPS) is 27.1. The van der Waals surface area contributed by atoms with Crippen molar-refractivity contribution in [2.24, 2.45) is 0 Å². The van der Waals surface area contributed by atoms with Crippen molar-refractivity contribution in [2.45, 2.75) is 30.7 Å². The Morgan fingerprint density at radius 1 is 0.862 bits per heavy atom. The van der Waals surface area contributed by atoms with E-state index in [-0.39, 0.29) is 17.2 Å². The number of aliphatic hydroxyl groups excluding tert-OH is 3. The highest BCUT2D eigenvalue weighted by Crippen LogP contribution is 2.26. The molecular weight excluding hydrogens is 384 g/mol. The smallest absolute Gasteiger partial charge is 0.335 e. The molecule has 2 aromatic rings. The number of ether oxygens (including phenoxy) is 2. The van der Waals surface area contributed by atoms with Gasteiger partial charge in [-0.25, -0.2) is 4.79 Å². The molecule has 0 spiro atoms. The van der Waals surface area contributed by atoms with Gasteiger partial charge in [0, 0.05) is 6.07 Å². The highest BCUT2D eigenvalue weighted by atomic mass is 16.7. The van der Waals surface area contributed by atoms with E-state index >= 15 is 0 Å². The van der Waals surface area contributed by atoms with E-state index in [4.69, 9.17) is 14.6 Å². The van der Waals surface area contributed by atoms with E-state index in [9.17, 15) is 30.3 Å². The third kappa shape index (κ3) is 4.84. The van der Waals surface area contributed by atoms with Crippen LogP contribution >= 0.6 is 0 Å². The molecule has 2 aromatic carbocycles. The Hall–Kier alpha value is -3.11. The summed E-state index contributed by atoms with van der Waals surface area (Å²) in [4.78, 5) is 11.1. The Balaban J connectivity index is 1.68. The molecule has 5 atom stereocenters. The van der Waals surface area contributed by atoms with Gasteiger partial charge in [0.25, 0.3) is 0 Å². The second-order valence-electron chi connectivity index (χ2n) is 6.54. The summed E-state index contributed by atoms with van der Waals surface area (Å²) in [6.45, 7) is 0. The Morgan fingerprint density at radius 2 is 1.45 bits per heavy atom. The van der Waals surface area contributed by atoms with Crippen LogP contribution in [0.4, 0.5) is 0 Å². The average Bonchev–Trinajstić information content (AvgIpc) is 2.67. The molecule has 1 aliphatic heterocycles. The van der Waals surface area contributed by atoms with Gasteiger partial charge in [0.15, 0.2) is 6.10 Å². The Morgan fingerprint density at radius 3 is 2.03 bits per heavy atom. The van der Waals surface area contributed by atoms with E-state index in [1.54, 1.807) is 36.4 Å². The van der Waals surface area contributed by atoms with Crippen LogP contribution in [0.3, 0.4) is 0 Å². The lowest BCUT2D eigenvalue weighted by atomic mass is 9.99. The minimum absolute atomic E-state index is 0.0635. The number of aliphatic carboxylic acids is 1. The number of carboxylic acid groups (broad SMARTS) is 1. The minimum atomic E-state index is -1.79. The number of aromatic hydroxyl groups is 2. The highest BCUT2D eigenvalue weighted by Gasteiger charge is 2.48. The Labute approximate surface area is 165 Å². The van der Waals surface area contributed by atoms with Crippen LogP contribution in [0.2, 0.25) is 0 Å². The monoisotopic (exact) mass is 404 g/mol. The Bertz CT molecular complexity index is 873. The van der Waals surface area contributed by atoms with Gasteiger partial charge in [-0.1, -0.05) is 24.3 Å². The zero-order valence-electron chi connectivity index (χ0n) is 15.0. The third-order valence-corrected chi connectivity index (χ3v) is 4.34. The molecule has 1 aliphatic rings. The predicted molar refractivity (Wildman–Crippen MR) is 100 cm³/mol. The van der Waals surface area contributed by atoms with E-state index in [1.165, 1.54) is 18.2 Å². The van der Waals surface area contributed by atoms with Crippen LogP contribution in [0.5, 0.6) is 17.2 Å². The molecule has 0 aliphatic carbocycles. The fourth-order valence-electron chi connectivity index (χ4n) is 2.85. The van der Waals surface area contributed by atoms with Crippen molar-refractivity contribution in [2.75, 3.05) is 0 Å². The van der Waals surface area contributed by atoms with Crippen LogP contribution in [0, 0.1) is 0 Å². The Kier molecular flexibility index (Phi) is 6.04. The topological polar surface area (TPSA) is 157 Å². The maximum absolute atomic E-state index is 11.1. The summed E-state index contributed by atoms with van der Waals surface area (Å²) in [6.07, 6.45) is -4.98. The first-order valence-corrected chi connectivity index (χ1v) is 8.65. The number of benzene rings is 2. The number of hydrogen-bond acceptors (Lipinski definition) is 8. The first kappa shape index (κ1) is 20.6. The first-order chi connectivity index (χ1) is 13.7. The van der Waals surface area contributed by atoms with Gasteiger partial charge in [0.2, 0.25) is 6.29 Å². The average molecular weight is 404 g/mol. The summed E-state index contributed by atoms with van der Waals surface area (Å²) >= 11 is 0. The molecule has 154 valence electrons. The maximum Gasteiger partial charge on any atom is 0.335 e. The van der Waals surface area contributed by atoms with Crippen molar-refractivity contribution in [1.82, 2.24) is 0 Å². The molecule has 0 radical (unpaired) electrons. The van der Waals surface area contributed by atoms with Crippen LogP contribution < -0.4 is 4.74 Å². The first-order valence-electron chi connectivity index (χ1n) is 8.65. The molecular formula is C20H20O9. The summed E-state index contributed by atoms with van der Waals surface area (Å²) < 4.78 is 10.5. The SMILES string of the molecule is O=C(O)[C@@H]1O[C@H](Oc2ccc(/C=C/c3cc(O)cc(O)c3)cc2)[C@H](O)[C@H](O)[C@H]1O. The number of carbonyl (C=O) groups is 1. The number of carboxylic acids is 1. The second kappa shape index (κ2) is 8.50. The number of phenols is 2. The van der Waals surface area contributed by atoms with Gasteiger partial charge in [-0.05, 0) is 35.4 Å². The minimum Gasteiger partial charge on any atom is -0.508 e. The van der Waals surface area contributed by atoms with Crippen LogP contribution in [-0.4, -0.2) is 67.3 Å². The van der Waals surface area contributed by atoms with Gasteiger partial charge in [-0.2, -0.15) is 0 Å². The van der Waals surface area contributed by atoms with E-state index in [1.807, 2.05) is 0 Å². The van der Waals surface area contributed by atoms with Gasteiger partial charge in [-0.15, -0.1) is 0 Å². The molecule has 9 heteroatoms. The molecule has 6 N–H and O–H groups in total. The van der Waals surface area contributed by atoms with Gasteiger partial charge in [-0.3, -0.25) is 0 Å². The molecule has 29 heavy (non-hydrogen) atoms. The number of phenolic OH excluding ortho intramolecular Hbond substituents is 2. The predicted octanol–water partition coefficient (Wildman–Crippen LogP) is 0.539. The third-order valence-electron chi connectivity index (χ3n) is 4.34. The van der Waals surface area contributed by atoms with Crippen molar-refractivity contribution in [3.8, 4) is 17.2 Å². The van der Waals surface area contributed by atoms with Crippen molar-refractivity contribution in [3.63, 3.8) is 0 Å². The van der Waals surface area contributed by atoms with Gasteiger partial charge in [0.05, 0.1) is 0 Å². The molecule has 3 rings (SSSR count). The summed E-state index contributed by atoms with van der Waals surface area (Å²) in [5.74, 6) is -1.37. The van der Waals surface area contributed by atoms with E-state index in [0.29, 0.717) is 5.56 Å². The van der Waals surface area contributed by atoms with Crippen LogP contribution in [-0.2, 0) is 9.53 Å². The van der Waals surface area contributed by atoms with Gasteiger partial charge >= 0.3 is 5.97 Å². The van der Waals surface area contributed by atoms with E-state index < -0.39 is 36.7 Å². The fourth-order valence-corrected chi connectivity index (χ4v) is 2.85. The molecule has 1 fully saturated rings. The molecule has 0 aromatic heterocycles. The van der Waals surface area contributed by atoms with Gasteiger partial charge < -0.3 is 40.1 Å². The highest BCUT2D eigenvalue weighted by molar-refractivity contribution is 5.73. The van der Waals surface area contributed by atoms with Crippen molar-refractivity contribution >= 4 is 18.1 Å². The summed E-state index contributed by atoms with van der Waals surface area (Å²) in [5.41, 5.74) is 1.35. The van der Waals surface area contributed by atoms with Crippen LogP contribution in [0.15, 0.2) is 42.5 Å². The van der Waals surface area contributed by atoms with Crippen LogP contribution in [0.1, 0.15) is 11.1 Å². The lowest BCUT2D eigenvalue weighted by molar-refractivity contribution is -0.271. The van der Waals surface area contributed by atoms with Crippen molar-refractivity contribution in [1.29, 1.82) is 0 Å². The largest absolute Gasteiger partial charge is 0.508 e. The lowest BCUT2D eigenvalue weighted by Crippen LogP contribution is -2.61. The molecule has 0 bridgehead atoms. The second-order valence-corrected chi connectivity index (χ2v) is 6.54. The molecule has 0 saturated carbocycles. The molecule has 1 heterocycles. The molecule has 0 unspecified atom stereocenters. The zero-order chi connectivity index (χ0) is 21.1. The summed E-state index contributed by atoms with van der Waals surface area (Å²) in [5, 5.41) is 57.5. The molecule has 0 amide bonds. The summed E-state index contributed by atoms with van der Waals surface area (Å²) in [7, 11) is 0. The van der Waals surface area contributed by atoms with Crippen molar-refractivity contribution in [3.05, 3.63) is 53.6 Å². The number of hydrogen-bond donors (Lipinski definition) is 6. The quantitative estimate of drug-likeness (QED) is 0.391.